The number of nitrogen functional groups attached to an aromatic ring is 1. The second-order valence-electron chi connectivity index (χ2n) is 6.35. The zero-order chi connectivity index (χ0) is 15.7. The van der Waals surface area contributed by atoms with Gasteiger partial charge in [-0.2, -0.15) is 0 Å². The minimum absolute atomic E-state index is 0.359. The lowest BCUT2D eigenvalue weighted by Gasteiger charge is -2.43. The maximum absolute atomic E-state index is 11.6. The van der Waals surface area contributed by atoms with Crippen molar-refractivity contribution in [2.24, 2.45) is 5.92 Å². The van der Waals surface area contributed by atoms with E-state index in [9.17, 15) is 4.21 Å². The van der Waals surface area contributed by atoms with Gasteiger partial charge < -0.3 is 5.73 Å². The van der Waals surface area contributed by atoms with Gasteiger partial charge in [-0.15, -0.1) is 0 Å². The van der Waals surface area contributed by atoms with Gasteiger partial charge in [0.05, 0.1) is 0 Å². The van der Waals surface area contributed by atoms with Crippen LogP contribution in [0.1, 0.15) is 24.6 Å². The van der Waals surface area contributed by atoms with Crippen LogP contribution in [0.4, 0.5) is 5.95 Å². The molecule has 1 aromatic rings. The Kier molecular flexibility index (Phi) is 4.59. The number of fused-ring (bicyclic) bond motifs is 2. The third kappa shape index (κ3) is 3.22. The van der Waals surface area contributed by atoms with Crippen molar-refractivity contribution >= 4 is 16.7 Å². The van der Waals surface area contributed by atoms with Gasteiger partial charge in [0.1, 0.15) is 0 Å². The molecule has 0 radical (unpaired) electrons. The number of nitrogens with two attached hydrogens (primary N) is 1. The summed E-state index contributed by atoms with van der Waals surface area (Å²) in [5, 5.41) is 0. The van der Waals surface area contributed by atoms with Gasteiger partial charge in [0.25, 0.3) is 0 Å². The van der Waals surface area contributed by atoms with Crippen LogP contribution in [0, 0.1) is 5.92 Å². The molecule has 1 aliphatic carbocycles. The van der Waals surface area contributed by atoms with E-state index < -0.39 is 10.8 Å². The second kappa shape index (κ2) is 6.46. The van der Waals surface area contributed by atoms with Crippen molar-refractivity contribution in [3.63, 3.8) is 0 Å². The predicted molar refractivity (Wildman–Crippen MR) is 90.0 cm³/mol. The Balaban J connectivity index is 1.90. The summed E-state index contributed by atoms with van der Waals surface area (Å²) in [5.41, 5.74) is 9.35. The molecule has 0 aromatic carbocycles. The Morgan fingerprint density at radius 1 is 1.45 bits per heavy atom. The lowest BCUT2D eigenvalue weighted by molar-refractivity contribution is 0.149. The van der Waals surface area contributed by atoms with Gasteiger partial charge >= 0.3 is 0 Å². The number of hydrogen-bond donors (Lipinski definition) is 1. The Labute approximate surface area is 134 Å². The Morgan fingerprint density at radius 3 is 3.00 bits per heavy atom. The number of nitrogens with zero attached hydrogens (tertiary/aromatic N) is 3. The average Bonchev–Trinajstić information content (AvgIpc) is 2.45. The van der Waals surface area contributed by atoms with Gasteiger partial charge in [-0.3, -0.25) is 9.11 Å². The standard InChI is InChI=1S/C16H24N4OS/c1-3-4-20-9-11(10-22(2)21)5-12-6-14-13(7-15(12)20)8-18-16(17)19-14/h5,8,12,15H,3-4,6-7,9-10H2,1-2H3,(H2,17,18,19). The first-order valence-electron chi connectivity index (χ1n) is 7.90. The molecule has 5 nitrogen and oxygen atoms in total. The number of rotatable bonds is 4. The molecular formula is C16H24N4OS. The highest BCUT2D eigenvalue weighted by atomic mass is 32.2. The SMILES string of the molecule is CCCN1CC(CS(C)=O)=CC2Cc3nc(N)ncc3CC21. The molecule has 3 rings (SSSR count). The fourth-order valence-corrected chi connectivity index (χ4v) is 4.44. The van der Waals surface area contributed by atoms with Gasteiger partial charge in [-0.1, -0.05) is 13.0 Å². The smallest absolute Gasteiger partial charge is 0.220 e. The zero-order valence-electron chi connectivity index (χ0n) is 13.3. The van der Waals surface area contributed by atoms with Crippen LogP contribution < -0.4 is 5.73 Å². The molecule has 3 atom stereocenters. The van der Waals surface area contributed by atoms with Crippen LogP contribution in [0.25, 0.3) is 0 Å². The highest BCUT2D eigenvalue weighted by molar-refractivity contribution is 7.84. The molecule has 0 bridgehead atoms. The third-order valence-corrected chi connectivity index (χ3v) is 5.33. The molecule has 2 heterocycles. The molecule has 3 unspecified atom stereocenters. The molecule has 1 aromatic heterocycles. The van der Waals surface area contributed by atoms with Gasteiger partial charge in [-0.25, -0.2) is 9.97 Å². The number of aromatic nitrogens is 2. The van der Waals surface area contributed by atoms with Crippen LogP contribution in [-0.2, 0) is 23.6 Å². The van der Waals surface area contributed by atoms with Crippen LogP contribution in [0.15, 0.2) is 17.8 Å². The van der Waals surface area contributed by atoms with E-state index in [0.717, 1.165) is 38.0 Å². The molecule has 0 fully saturated rings. The normalized spacial score (nSPS) is 26.0. The van der Waals surface area contributed by atoms with E-state index in [0.29, 0.717) is 23.7 Å². The summed E-state index contributed by atoms with van der Waals surface area (Å²) in [6.07, 6.45) is 9.04. The maximum atomic E-state index is 11.6. The Morgan fingerprint density at radius 2 is 2.27 bits per heavy atom. The molecule has 120 valence electrons. The molecule has 6 heteroatoms. The first-order valence-corrected chi connectivity index (χ1v) is 9.63. The van der Waals surface area contributed by atoms with E-state index in [1.807, 2.05) is 6.20 Å². The average molecular weight is 320 g/mol. The molecule has 0 saturated heterocycles. The molecule has 0 spiro atoms. The summed E-state index contributed by atoms with van der Waals surface area (Å²) < 4.78 is 11.6. The summed E-state index contributed by atoms with van der Waals surface area (Å²) >= 11 is 0. The van der Waals surface area contributed by atoms with Crippen molar-refractivity contribution in [2.75, 3.05) is 30.8 Å². The van der Waals surface area contributed by atoms with Crippen molar-refractivity contribution in [3.05, 3.63) is 29.1 Å². The Bertz CT molecular complexity index is 616. The van der Waals surface area contributed by atoms with Crippen molar-refractivity contribution in [2.45, 2.75) is 32.2 Å². The lowest BCUT2D eigenvalue weighted by atomic mass is 9.79. The van der Waals surface area contributed by atoms with E-state index in [2.05, 4.69) is 27.9 Å². The fourth-order valence-electron chi connectivity index (χ4n) is 3.73. The largest absolute Gasteiger partial charge is 0.368 e. The monoisotopic (exact) mass is 320 g/mol. The fraction of sp³-hybridized carbons (Fsp3) is 0.625. The van der Waals surface area contributed by atoms with Crippen LogP contribution in [-0.4, -0.2) is 50.2 Å². The second-order valence-corrected chi connectivity index (χ2v) is 7.79. The molecule has 1 aliphatic heterocycles. The van der Waals surface area contributed by atoms with Gasteiger partial charge in [0.15, 0.2) is 0 Å². The summed E-state index contributed by atoms with van der Waals surface area (Å²) in [6, 6.07) is 0.508. The van der Waals surface area contributed by atoms with Crippen LogP contribution in [0.2, 0.25) is 0 Å². The van der Waals surface area contributed by atoms with E-state index in [4.69, 9.17) is 5.73 Å². The zero-order valence-corrected chi connectivity index (χ0v) is 14.1. The van der Waals surface area contributed by atoms with Crippen molar-refractivity contribution in [1.29, 1.82) is 0 Å². The minimum Gasteiger partial charge on any atom is -0.368 e. The molecule has 2 N–H and O–H groups in total. The summed E-state index contributed by atoms with van der Waals surface area (Å²) in [6.45, 7) is 4.24. The predicted octanol–water partition coefficient (Wildman–Crippen LogP) is 1.17. The van der Waals surface area contributed by atoms with Gasteiger partial charge in [0, 0.05) is 47.3 Å². The van der Waals surface area contributed by atoms with E-state index >= 15 is 0 Å². The van der Waals surface area contributed by atoms with Crippen LogP contribution in [0.3, 0.4) is 0 Å². The van der Waals surface area contributed by atoms with E-state index in [1.54, 1.807) is 6.26 Å². The Hall–Kier alpha value is -1.27. The van der Waals surface area contributed by atoms with Crippen molar-refractivity contribution < 1.29 is 4.21 Å². The molecule has 22 heavy (non-hydrogen) atoms. The maximum Gasteiger partial charge on any atom is 0.220 e. The summed E-state index contributed by atoms with van der Waals surface area (Å²) in [7, 11) is -0.783. The van der Waals surface area contributed by atoms with E-state index in [1.165, 1.54) is 11.1 Å². The minimum atomic E-state index is -0.783. The first kappa shape index (κ1) is 15.6. The summed E-state index contributed by atoms with van der Waals surface area (Å²) in [5.74, 6) is 1.49. The van der Waals surface area contributed by atoms with Crippen molar-refractivity contribution in [3.8, 4) is 0 Å². The molecule has 0 saturated carbocycles. The highest BCUT2D eigenvalue weighted by Gasteiger charge is 2.35. The van der Waals surface area contributed by atoms with Crippen LogP contribution in [0.5, 0.6) is 0 Å². The van der Waals surface area contributed by atoms with Crippen molar-refractivity contribution in [1.82, 2.24) is 14.9 Å². The lowest BCUT2D eigenvalue weighted by Crippen LogP contribution is -2.49. The third-order valence-electron chi connectivity index (χ3n) is 4.55. The highest BCUT2D eigenvalue weighted by Crippen LogP contribution is 2.33. The number of anilines is 1. The van der Waals surface area contributed by atoms with Gasteiger partial charge in [-0.05, 0) is 42.9 Å². The van der Waals surface area contributed by atoms with E-state index in [-0.39, 0.29) is 0 Å². The first-order chi connectivity index (χ1) is 10.6. The van der Waals surface area contributed by atoms with Crippen LogP contribution >= 0.6 is 0 Å². The molecular weight excluding hydrogens is 296 g/mol. The quantitative estimate of drug-likeness (QED) is 0.843. The summed E-state index contributed by atoms with van der Waals surface area (Å²) in [4.78, 5) is 11.1. The van der Waals surface area contributed by atoms with Gasteiger partial charge in [0.2, 0.25) is 5.95 Å². The number of hydrogen-bond acceptors (Lipinski definition) is 5. The molecule has 2 aliphatic rings. The topological polar surface area (TPSA) is 72.1 Å². The molecule has 0 amide bonds.